The van der Waals surface area contributed by atoms with Crippen LogP contribution in [-0.2, 0) is 6.54 Å². The molecule has 0 aliphatic heterocycles. The summed E-state index contributed by atoms with van der Waals surface area (Å²) in [5.74, 6) is -0.781. The van der Waals surface area contributed by atoms with Crippen molar-refractivity contribution in [2.45, 2.75) is 12.9 Å². The average molecular weight is 252 g/mol. The molecule has 0 radical (unpaired) electrons. The van der Waals surface area contributed by atoms with E-state index < -0.39 is 12.1 Å². The van der Waals surface area contributed by atoms with Gasteiger partial charge in [0.1, 0.15) is 0 Å². The first-order valence-corrected chi connectivity index (χ1v) is 4.49. The first-order chi connectivity index (χ1) is 7.91. The van der Waals surface area contributed by atoms with Gasteiger partial charge in [-0.1, -0.05) is 0 Å². The van der Waals surface area contributed by atoms with Gasteiger partial charge in [0.25, 0.3) is 5.88 Å². The molecule has 17 heavy (non-hydrogen) atoms. The Morgan fingerprint density at radius 1 is 1.24 bits per heavy atom. The maximum absolute atomic E-state index is 12.1. The van der Waals surface area contributed by atoms with E-state index in [9.17, 15) is 13.2 Å². The lowest BCUT2D eigenvalue weighted by atomic mass is 10.2. The Bertz CT molecular complexity index is 396. The molecule has 0 amide bonds. The molecule has 0 unspecified atom stereocenters. The lowest BCUT2D eigenvalue weighted by molar-refractivity contribution is -0.275. The Kier molecular flexibility index (Phi) is 4.00. The van der Waals surface area contributed by atoms with Crippen molar-refractivity contribution >= 4 is 0 Å². The van der Waals surface area contributed by atoms with E-state index in [1.165, 1.54) is 14.2 Å². The Labute approximate surface area is 95.3 Å². The molecule has 1 aromatic heterocycles. The van der Waals surface area contributed by atoms with Crippen molar-refractivity contribution in [1.29, 1.82) is 0 Å². The minimum absolute atomic E-state index is 0.0333. The Morgan fingerprint density at radius 2 is 1.82 bits per heavy atom. The van der Waals surface area contributed by atoms with Crippen molar-refractivity contribution in [3.05, 3.63) is 11.6 Å². The van der Waals surface area contributed by atoms with Crippen LogP contribution in [0.2, 0.25) is 0 Å². The van der Waals surface area contributed by atoms with Crippen molar-refractivity contribution in [2.75, 3.05) is 14.2 Å². The normalized spacial score (nSPS) is 11.2. The number of pyridine rings is 1. The number of nitrogens with two attached hydrogens (primary N) is 1. The zero-order valence-electron chi connectivity index (χ0n) is 9.17. The zero-order chi connectivity index (χ0) is 13.1. The van der Waals surface area contributed by atoms with E-state index in [0.717, 1.165) is 6.07 Å². The van der Waals surface area contributed by atoms with Crippen LogP contribution in [0.5, 0.6) is 17.5 Å². The van der Waals surface area contributed by atoms with Crippen molar-refractivity contribution in [2.24, 2.45) is 5.73 Å². The summed E-state index contributed by atoms with van der Waals surface area (Å²) in [5.41, 5.74) is 5.64. The van der Waals surface area contributed by atoms with Gasteiger partial charge in [-0.15, -0.1) is 13.2 Å². The third-order valence-electron chi connectivity index (χ3n) is 1.83. The summed E-state index contributed by atoms with van der Waals surface area (Å²) in [7, 11) is 2.50. The first kappa shape index (κ1) is 13.4. The van der Waals surface area contributed by atoms with Gasteiger partial charge in [-0.2, -0.15) is 4.98 Å². The summed E-state index contributed by atoms with van der Waals surface area (Å²) in [6.45, 7) is -0.0333. The third kappa shape index (κ3) is 3.38. The van der Waals surface area contributed by atoms with Gasteiger partial charge in [0, 0.05) is 12.1 Å². The van der Waals surface area contributed by atoms with E-state index in [4.69, 9.17) is 10.5 Å². The smallest absolute Gasteiger partial charge is 0.481 e. The number of aromatic nitrogens is 1. The van der Waals surface area contributed by atoms with E-state index in [0.29, 0.717) is 0 Å². The van der Waals surface area contributed by atoms with E-state index in [-0.39, 0.29) is 23.9 Å². The number of methoxy groups -OCH3 is 2. The molecular formula is C9H11F3N2O3. The molecule has 0 atom stereocenters. The molecule has 1 aromatic rings. The quantitative estimate of drug-likeness (QED) is 0.878. The molecule has 0 aliphatic rings. The second kappa shape index (κ2) is 5.09. The lowest BCUT2D eigenvalue weighted by Crippen LogP contribution is -2.18. The molecule has 0 aromatic carbocycles. The fourth-order valence-corrected chi connectivity index (χ4v) is 1.17. The molecule has 0 fully saturated rings. The largest absolute Gasteiger partial charge is 0.573 e. The summed E-state index contributed by atoms with van der Waals surface area (Å²) >= 11 is 0. The number of rotatable bonds is 4. The van der Waals surface area contributed by atoms with Gasteiger partial charge in [-0.3, -0.25) is 0 Å². The molecule has 5 nitrogen and oxygen atoms in total. The summed E-state index contributed by atoms with van der Waals surface area (Å²) in [5, 5.41) is 0. The van der Waals surface area contributed by atoms with Crippen molar-refractivity contribution < 1.29 is 27.4 Å². The molecule has 96 valence electrons. The van der Waals surface area contributed by atoms with Crippen LogP contribution in [-0.4, -0.2) is 25.6 Å². The molecule has 2 N–H and O–H groups in total. The van der Waals surface area contributed by atoms with Crippen LogP contribution in [0.25, 0.3) is 0 Å². The van der Waals surface area contributed by atoms with Gasteiger partial charge >= 0.3 is 6.36 Å². The van der Waals surface area contributed by atoms with E-state index in [2.05, 4.69) is 14.5 Å². The number of ether oxygens (including phenoxy) is 3. The SMILES string of the molecule is COc1nc(OC)c(OC(F)(F)F)cc1CN. The van der Waals surface area contributed by atoms with Gasteiger partial charge in [-0.25, -0.2) is 0 Å². The highest BCUT2D eigenvalue weighted by Gasteiger charge is 2.33. The van der Waals surface area contributed by atoms with E-state index in [1.807, 2.05) is 0 Å². The van der Waals surface area contributed by atoms with Crippen LogP contribution >= 0.6 is 0 Å². The van der Waals surface area contributed by atoms with Crippen LogP contribution in [0.1, 0.15) is 5.56 Å². The number of halogens is 3. The number of nitrogens with zero attached hydrogens (tertiary/aromatic N) is 1. The number of hydrogen-bond donors (Lipinski definition) is 1. The van der Waals surface area contributed by atoms with E-state index in [1.54, 1.807) is 0 Å². The third-order valence-corrected chi connectivity index (χ3v) is 1.83. The molecule has 0 aliphatic carbocycles. The predicted molar refractivity (Wildman–Crippen MR) is 51.9 cm³/mol. The van der Waals surface area contributed by atoms with Crippen LogP contribution in [0.15, 0.2) is 6.07 Å². The molecule has 0 spiro atoms. The van der Waals surface area contributed by atoms with Gasteiger partial charge in [0.05, 0.1) is 14.2 Å². The standard InChI is InChI=1S/C9H11F3N2O3/c1-15-7-5(4-13)3-6(8(14-7)16-2)17-9(10,11)12/h3H,4,13H2,1-2H3. The van der Waals surface area contributed by atoms with Crippen molar-refractivity contribution in [1.82, 2.24) is 4.98 Å². The highest BCUT2D eigenvalue weighted by molar-refractivity contribution is 5.42. The van der Waals surface area contributed by atoms with E-state index >= 15 is 0 Å². The van der Waals surface area contributed by atoms with Crippen molar-refractivity contribution in [3.8, 4) is 17.5 Å². The van der Waals surface area contributed by atoms with Crippen LogP contribution in [0.3, 0.4) is 0 Å². The molecule has 0 saturated heterocycles. The van der Waals surface area contributed by atoms with Crippen molar-refractivity contribution in [3.63, 3.8) is 0 Å². The first-order valence-electron chi connectivity index (χ1n) is 4.49. The highest BCUT2D eigenvalue weighted by atomic mass is 19.4. The summed E-state index contributed by atoms with van der Waals surface area (Å²) in [6.07, 6.45) is -4.82. The Morgan fingerprint density at radius 3 is 2.24 bits per heavy atom. The lowest BCUT2D eigenvalue weighted by Gasteiger charge is -2.14. The molecule has 1 heterocycles. The molecular weight excluding hydrogens is 241 g/mol. The van der Waals surface area contributed by atoms with Crippen LogP contribution in [0, 0.1) is 0 Å². The second-order valence-electron chi connectivity index (χ2n) is 2.92. The molecule has 0 bridgehead atoms. The number of hydrogen-bond acceptors (Lipinski definition) is 5. The maximum atomic E-state index is 12.1. The van der Waals surface area contributed by atoms with Gasteiger partial charge in [0.15, 0.2) is 5.75 Å². The minimum Gasteiger partial charge on any atom is -0.481 e. The van der Waals surface area contributed by atoms with Gasteiger partial charge in [-0.05, 0) is 6.07 Å². The van der Waals surface area contributed by atoms with Crippen LogP contribution in [0.4, 0.5) is 13.2 Å². The minimum atomic E-state index is -4.82. The molecule has 1 rings (SSSR count). The van der Waals surface area contributed by atoms with Crippen LogP contribution < -0.4 is 19.9 Å². The summed E-state index contributed by atoms with van der Waals surface area (Å²) in [4.78, 5) is 3.72. The average Bonchev–Trinajstić information content (AvgIpc) is 2.26. The monoisotopic (exact) mass is 252 g/mol. The topological polar surface area (TPSA) is 66.6 Å². The van der Waals surface area contributed by atoms with Gasteiger partial charge in [0.2, 0.25) is 5.88 Å². The maximum Gasteiger partial charge on any atom is 0.573 e. The predicted octanol–water partition coefficient (Wildman–Crippen LogP) is 1.46. The fourth-order valence-electron chi connectivity index (χ4n) is 1.17. The second-order valence-corrected chi connectivity index (χ2v) is 2.92. The summed E-state index contributed by atoms with van der Waals surface area (Å²) < 4.78 is 49.6. The fraction of sp³-hybridized carbons (Fsp3) is 0.444. The number of alkyl halides is 3. The summed E-state index contributed by atoms with van der Waals surface area (Å²) in [6, 6.07) is 1.08. The Hall–Kier alpha value is -1.70. The Balaban J connectivity index is 3.19. The molecule has 0 saturated carbocycles. The van der Waals surface area contributed by atoms with Gasteiger partial charge < -0.3 is 19.9 Å². The zero-order valence-corrected chi connectivity index (χ0v) is 9.17. The molecule has 8 heteroatoms. The highest BCUT2D eigenvalue weighted by Crippen LogP contribution is 2.34.